The molecule has 1 heterocycles. The zero-order valence-electron chi connectivity index (χ0n) is 12.9. The van der Waals surface area contributed by atoms with Gasteiger partial charge in [0.1, 0.15) is 10.8 Å². The number of carboxylic acid groups (broad SMARTS) is 1. The Hall–Kier alpha value is -2.53. The minimum atomic E-state index is -0.805. The summed E-state index contributed by atoms with van der Waals surface area (Å²) >= 11 is 1.59. The summed E-state index contributed by atoms with van der Waals surface area (Å²) in [7, 11) is 0. The highest BCUT2D eigenvalue weighted by molar-refractivity contribution is 7.19. The molecule has 0 aliphatic rings. The van der Waals surface area contributed by atoms with Gasteiger partial charge < -0.3 is 5.11 Å². The van der Waals surface area contributed by atoms with Gasteiger partial charge in [0.25, 0.3) is 0 Å². The quantitative estimate of drug-likeness (QED) is 0.668. The van der Waals surface area contributed by atoms with Crippen LogP contribution in [0.5, 0.6) is 0 Å². The van der Waals surface area contributed by atoms with Crippen LogP contribution in [0.3, 0.4) is 0 Å². The van der Waals surface area contributed by atoms with Crippen LogP contribution in [0.4, 0.5) is 4.39 Å². The predicted octanol–water partition coefficient (Wildman–Crippen LogP) is 5.23. The van der Waals surface area contributed by atoms with E-state index >= 15 is 0 Å². The van der Waals surface area contributed by atoms with Gasteiger partial charge in [0.2, 0.25) is 0 Å². The molecule has 0 amide bonds. The number of carboxylic acids is 1. The molecule has 0 saturated heterocycles. The molecule has 1 aromatic heterocycles. The van der Waals surface area contributed by atoms with Gasteiger partial charge in [0.05, 0.1) is 10.2 Å². The molecule has 122 valence electrons. The Labute approximate surface area is 143 Å². The number of hydrogen-bond acceptors (Lipinski definition) is 3. The molecular formula is C19H16FNO2S. The molecule has 0 aliphatic carbocycles. The minimum absolute atomic E-state index is 0.117. The predicted molar refractivity (Wildman–Crippen MR) is 95.4 cm³/mol. The fourth-order valence-electron chi connectivity index (χ4n) is 2.44. The van der Waals surface area contributed by atoms with E-state index in [1.165, 1.54) is 12.1 Å². The number of aliphatic carboxylic acids is 1. The van der Waals surface area contributed by atoms with Crippen molar-refractivity contribution in [3.05, 3.63) is 64.9 Å². The lowest BCUT2D eigenvalue weighted by molar-refractivity contribution is -0.137. The van der Waals surface area contributed by atoms with E-state index in [1.807, 2.05) is 30.3 Å². The minimum Gasteiger partial charge on any atom is -0.481 e. The monoisotopic (exact) mass is 341 g/mol. The lowest BCUT2D eigenvalue weighted by Crippen LogP contribution is -1.94. The third-order valence-corrected chi connectivity index (χ3v) is 4.73. The number of carbonyl (C=O) groups is 1. The number of para-hydroxylation sites is 1. The molecule has 0 saturated carbocycles. The van der Waals surface area contributed by atoms with Crippen molar-refractivity contribution in [2.75, 3.05) is 0 Å². The van der Waals surface area contributed by atoms with E-state index in [0.717, 1.165) is 26.4 Å². The second-order valence-corrected chi connectivity index (χ2v) is 6.49. The van der Waals surface area contributed by atoms with Crippen LogP contribution in [0.15, 0.2) is 48.5 Å². The van der Waals surface area contributed by atoms with Crippen molar-refractivity contribution >= 4 is 39.2 Å². The number of rotatable bonds is 6. The number of aromatic nitrogens is 1. The first-order valence-electron chi connectivity index (χ1n) is 7.66. The fraction of sp³-hybridized carbons (Fsp3) is 0.158. The second-order valence-electron chi connectivity index (χ2n) is 5.46. The molecule has 0 unspecified atom stereocenters. The van der Waals surface area contributed by atoms with Crippen LogP contribution in [0.25, 0.3) is 21.9 Å². The maximum absolute atomic E-state index is 13.1. The summed E-state index contributed by atoms with van der Waals surface area (Å²) in [6, 6.07) is 14.1. The highest BCUT2D eigenvalue weighted by Crippen LogP contribution is 2.31. The lowest BCUT2D eigenvalue weighted by atomic mass is 10.1. The molecule has 3 nitrogen and oxygen atoms in total. The van der Waals surface area contributed by atoms with Crippen molar-refractivity contribution in [2.24, 2.45) is 0 Å². The van der Waals surface area contributed by atoms with Gasteiger partial charge >= 0.3 is 5.97 Å². The van der Waals surface area contributed by atoms with Crippen molar-refractivity contribution in [3.63, 3.8) is 0 Å². The zero-order chi connectivity index (χ0) is 16.9. The highest BCUT2D eigenvalue weighted by Gasteiger charge is 2.10. The number of fused-ring (bicyclic) bond motifs is 1. The molecule has 0 fully saturated rings. The van der Waals surface area contributed by atoms with Crippen molar-refractivity contribution < 1.29 is 14.3 Å². The third kappa shape index (κ3) is 4.06. The number of nitrogens with zero attached hydrogens (tertiary/aromatic N) is 1. The Bertz CT molecular complexity index is 851. The largest absolute Gasteiger partial charge is 0.481 e. The van der Waals surface area contributed by atoms with Gasteiger partial charge in [0, 0.05) is 6.42 Å². The van der Waals surface area contributed by atoms with E-state index in [0.29, 0.717) is 12.8 Å². The number of benzene rings is 2. The van der Waals surface area contributed by atoms with Crippen LogP contribution in [-0.2, 0) is 4.79 Å². The van der Waals surface area contributed by atoms with Crippen molar-refractivity contribution in [2.45, 2.75) is 19.3 Å². The molecule has 1 N–H and O–H groups in total. The summed E-state index contributed by atoms with van der Waals surface area (Å²) in [5, 5.41) is 9.74. The van der Waals surface area contributed by atoms with Gasteiger partial charge in [-0.15, -0.1) is 11.3 Å². The molecule has 24 heavy (non-hydrogen) atoms. The highest BCUT2D eigenvalue weighted by atomic mass is 32.1. The van der Waals surface area contributed by atoms with E-state index in [2.05, 4.69) is 4.98 Å². The summed E-state index contributed by atoms with van der Waals surface area (Å²) in [4.78, 5) is 15.4. The van der Waals surface area contributed by atoms with Gasteiger partial charge in [-0.25, -0.2) is 9.37 Å². The van der Waals surface area contributed by atoms with Crippen molar-refractivity contribution in [1.82, 2.24) is 4.98 Å². The van der Waals surface area contributed by atoms with Crippen LogP contribution in [0, 0.1) is 5.82 Å². The Balaban J connectivity index is 1.93. The molecule has 0 radical (unpaired) electrons. The fourth-order valence-corrected chi connectivity index (χ4v) is 3.45. The topological polar surface area (TPSA) is 50.2 Å². The van der Waals surface area contributed by atoms with Gasteiger partial charge in [0.15, 0.2) is 0 Å². The summed E-state index contributed by atoms with van der Waals surface area (Å²) in [5.74, 6) is -1.08. The number of thiazole rings is 1. The van der Waals surface area contributed by atoms with E-state index in [1.54, 1.807) is 23.5 Å². The summed E-state index contributed by atoms with van der Waals surface area (Å²) in [5.41, 5.74) is 2.78. The van der Waals surface area contributed by atoms with E-state index in [4.69, 9.17) is 5.11 Å². The molecule has 2 aromatic carbocycles. The number of allylic oxidation sites excluding steroid dienone is 1. The van der Waals surface area contributed by atoms with Gasteiger partial charge in [-0.1, -0.05) is 24.3 Å². The van der Waals surface area contributed by atoms with Gasteiger partial charge in [-0.3, -0.25) is 4.79 Å². The van der Waals surface area contributed by atoms with Crippen molar-refractivity contribution in [1.29, 1.82) is 0 Å². The first-order valence-corrected chi connectivity index (χ1v) is 8.47. The Morgan fingerprint density at radius 1 is 1.12 bits per heavy atom. The van der Waals surface area contributed by atoms with Gasteiger partial charge in [-0.2, -0.15) is 0 Å². The third-order valence-electron chi connectivity index (χ3n) is 3.62. The van der Waals surface area contributed by atoms with Crippen LogP contribution < -0.4 is 0 Å². The average molecular weight is 341 g/mol. The maximum Gasteiger partial charge on any atom is 0.303 e. The number of halogens is 1. The molecule has 0 bridgehead atoms. The Morgan fingerprint density at radius 2 is 1.88 bits per heavy atom. The zero-order valence-corrected chi connectivity index (χ0v) is 13.7. The van der Waals surface area contributed by atoms with Crippen LogP contribution in [0.1, 0.15) is 29.8 Å². The summed E-state index contributed by atoms with van der Waals surface area (Å²) in [6.07, 6.45) is 3.23. The van der Waals surface area contributed by atoms with E-state index < -0.39 is 5.97 Å². The molecular weight excluding hydrogens is 325 g/mol. The first-order chi connectivity index (χ1) is 11.6. The second kappa shape index (κ2) is 7.36. The maximum atomic E-state index is 13.1. The number of hydrogen-bond donors (Lipinski definition) is 1. The average Bonchev–Trinajstić information content (AvgIpc) is 2.99. The molecule has 3 aromatic rings. The van der Waals surface area contributed by atoms with Gasteiger partial charge in [-0.05, 0) is 54.3 Å². The Kier molecular flexibility index (Phi) is 5.01. The summed E-state index contributed by atoms with van der Waals surface area (Å²) < 4.78 is 14.2. The first kappa shape index (κ1) is 16.3. The normalized spacial score (nSPS) is 11.8. The smallest absolute Gasteiger partial charge is 0.303 e. The van der Waals surface area contributed by atoms with Crippen LogP contribution >= 0.6 is 11.3 Å². The SMILES string of the molecule is O=C(O)CCCC(=Cc1ccc(F)cc1)c1nc2ccccc2s1. The van der Waals surface area contributed by atoms with Crippen LogP contribution in [0.2, 0.25) is 0 Å². The lowest BCUT2D eigenvalue weighted by Gasteiger charge is -2.04. The molecule has 3 rings (SSSR count). The molecule has 0 atom stereocenters. The summed E-state index contributed by atoms with van der Waals surface area (Å²) in [6.45, 7) is 0. The molecule has 0 spiro atoms. The standard InChI is InChI=1S/C19H16FNO2S/c20-15-10-8-13(9-11-15)12-14(4-3-7-18(22)23)19-21-16-5-1-2-6-17(16)24-19/h1-2,5-6,8-12H,3-4,7H2,(H,22,23). The van der Waals surface area contributed by atoms with Crippen LogP contribution in [-0.4, -0.2) is 16.1 Å². The molecule has 0 aliphatic heterocycles. The van der Waals surface area contributed by atoms with E-state index in [9.17, 15) is 9.18 Å². The van der Waals surface area contributed by atoms with Crippen molar-refractivity contribution in [3.8, 4) is 0 Å². The Morgan fingerprint density at radius 3 is 2.58 bits per heavy atom. The molecule has 5 heteroatoms. The van der Waals surface area contributed by atoms with E-state index in [-0.39, 0.29) is 12.2 Å².